The van der Waals surface area contributed by atoms with Crippen LogP contribution in [0.15, 0.2) is 18.2 Å². The third kappa shape index (κ3) is 3.14. The molecule has 92 valence electrons. The van der Waals surface area contributed by atoms with Gasteiger partial charge < -0.3 is 10.8 Å². The predicted octanol–water partition coefficient (Wildman–Crippen LogP) is 2.40. The van der Waals surface area contributed by atoms with Gasteiger partial charge in [0.25, 0.3) is 0 Å². The molecule has 0 heterocycles. The molecule has 0 saturated carbocycles. The van der Waals surface area contributed by atoms with Crippen LogP contribution in [0.3, 0.4) is 0 Å². The molecule has 0 aliphatic carbocycles. The lowest BCUT2D eigenvalue weighted by atomic mass is 9.94. The molecule has 16 heavy (non-hydrogen) atoms. The Labute approximate surface area is 99.9 Å². The lowest BCUT2D eigenvalue weighted by Crippen LogP contribution is -2.31. The van der Waals surface area contributed by atoms with E-state index in [1.807, 2.05) is 0 Å². The second kappa shape index (κ2) is 6.13. The van der Waals surface area contributed by atoms with Crippen LogP contribution in [0.25, 0.3) is 0 Å². The summed E-state index contributed by atoms with van der Waals surface area (Å²) in [5.41, 5.74) is 5.66. The molecule has 0 fully saturated rings. The molecule has 0 aromatic heterocycles. The first kappa shape index (κ1) is 15.3. The third-order valence-electron chi connectivity index (χ3n) is 2.39. The second-order valence-corrected chi connectivity index (χ2v) is 3.90. The van der Waals surface area contributed by atoms with Crippen LogP contribution in [-0.4, -0.2) is 11.2 Å². The largest absolute Gasteiger partial charge is 0.391 e. The number of halogens is 3. The zero-order chi connectivity index (χ0) is 11.6. The second-order valence-electron chi connectivity index (χ2n) is 3.90. The number of hydrogen-bond acceptors (Lipinski definition) is 2. The molecule has 5 heteroatoms. The first-order chi connectivity index (χ1) is 6.95. The van der Waals surface area contributed by atoms with Crippen molar-refractivity contribution in [2.45, 2.75) is 26.0 Å². The van der Waals surface area contributed by atoms with Crippen LogP contribution in [0, 0.1) is 17.6 Å². The number of benzene rings is 1. The minimum Gasteiger partial charge on any atom is -0.391 e. The Morgan fingerprint density at radius 1 is 1.25 bits per heavy atom. The van der Waals surface area contributed by atoms with Crippen molar-refractivity contribution in [3.8, 4) is 0 Å². The molecule has 0 spiro atoms. The molecule has 0 amide bonds. The van der Waals surface area contributed by atoms with Crippen LogP contribution in [0.5, 0.6) is 0 Å². The van der Waals surface area contributed by atoms with Crippen molar-refractivity contribution in [2.24, 2.45) is 11.7 Å². The molecule has 2 nitrogen and oxygen atoms in total. The van der Waals surface area contributed by atoms with Gasteiger partial charge in [0, 0.05) is 5.56 Å². The lowest BCUT2D eigenvalue weighted by Gasteiger charge is -2.22. The summed E-state index contributed by atoms with van der Waals surface area (Å²) in [6, 6.07) is 2.88. The number of aliphatic hydroxyl groups excluding tert-OH is 1. The molecule has 2 atom stereocenters. The van der Waals surface area contributed by atoms with Gasteiger partial charge in [0.1, 0.15) is 0 Å². The summed E-state index contributed by atoms with van der Waals surface area (Å²) in [6.45, 7) is 3.53. The van der Waals surface area contributed by atoms with Gasteiger partial charge in [-0.2, -0.15) is 0 Å². The Morgan fingerprint density at radius 3 is 2.31 bits per heavy atom. The molecular weight excluding hydrogens is 236 g/mol. The average molecular weight is 252 g/mol. The van der Waals surface area contributed by atoms with Crippen LogP contribution in [0.1, 0.15) is 25.5 Å². The van der Waals surface area contributed by atoms with E-state index < -0.39 is 23.8 Å². The van der Waals surface area contributed by atoms with Crippen molar-refractivity contribution in [3.63, 3.8) is 0 Å². The minimum absolute atomic E-state index is 0. The quantitative estimate of drug-likeness (QED) is 0.867. The Bertz CT molecular complexity index is 347. The summed E-state index contributed by atoms with van der Waals surface area (Å²) < 4.78 is 26.2. The van der Waals surface area contributed by atoms with E-state index in [2.05, 4.69) is 0 Å². The minimum atomic E-state index is -0.982. The maximum absolute atomic E-state index is 13.3. The van der Waals surface area contributed by atoms with Gasteiger partial charge in [0.15, 0.2) is 11.6 Å². The first-order valence-corrected chi connectivity index (χ1v) is 4.82. The summed E-state index contributed by atoms with van der Waals surface area (Å²) in [4.78, 5) is 0. The highest BCUT2D eigenvalue weighted by atomic mass is 35.5. The summed E-state index contributed by atoms with van der Waals surface area (Å²) in [5, 5.41) is 9.65. The standard InChI is InChI=1S/C11H15F2NO.ClH/c1-6(2)11(15)10(14)7-4-3-5-8(12)9(7)13;/h3-6,10-11,15H,14H2,1-2H3;1H/t10-,11+;/m1./s1. The average Bonchev–Trinajstić information content (AvgIpc) is 2.20. The fraction of sp³-hybridized carbons (Fsp3) is 0.455. The van der Waals surface area contributed by atoms with Gasteiger partial charge in [0.2, 0.25) is 0 Å². The molecule has 3 N–H and O–H groups in total. The van der Waals surface area contributed by atoms with Gasteiger partial charge in [-0.05, 0) is 12.0 Å². The van der Waals surface area contributed by atoms with Crippen molar-refractivity contribution < 1.29 is 13.9 Å². The zero-order valence-electron chi connectivity index (χ0n) is 9.15. The molecule has 0 bridgehead atoms. The van der Waals surface area contributed by atoms with Crippen LogP contribution >= 0.6 is 12.4 Å². The smallest absolute Gasteiger partial charge is 0.163 e. The van der Waals surface area contributed by atoms with Crippen LogP contribution < -0.4 is 5.73 Å². The van der Waals surface area contributed by atoms with E-state index in [1.165, 1.54) is 12.1 Å². The highest BCUT2D eigenvalue weighted by Gasteiger charge is 2.23. The van der Waals surface area contributed by atoms with E-state index >= 15 is 0 Å². The first-order valence-electron chi connectivity index (χ1n) is 4.82. The molecular formula is C11H16ClF2NO. The van der Waals surface area contributed by atoms with Crippen LogP contribution in [0.2, 0.25) is 0 Å². The molecule has 0 radical (unpaired) electrons. The molecule has 0 aliphatic rings. The summed E-state index contributed by atoms with van der Waals surface area (Å²) >= 11 is 0. The zero-order valence-corrected chi connectivity index (χ0v) is 9.97. The maximum Gasteiger partial charge on any atom is 0.163 e. The maximum atomic E-state index is 13.3. The monoisotopic (exact) mass is 251 g/mol. The van der Waals surface area contributed by atoms with Gasteiger partial charge in [-0.3, -0.25) is 0 Å². The van der Waals surface area contributed by atoms with Gasteiger partial charge in [-0.1, -0.05) is 26.0 Å². The van der Waals surface area contributed by atoms with Crippen molar-refractivity contribution in [1.82, 2.24) is 0 Å². The Balaban J connectivity index is 0.00000225. The highest BCUT2D eigenvalue weighted by Crippen LogP contribution is 2.23. The molecule has 0 aliphatic heterocycles. The Hall–Kier alpha value is -0.710. The predicted molar refractivity (Wildman–Crippen MR) is 61.4 cm³/mol. The van der Waals surface area contributed by atoms with Gasteiger partial charge in [-0.25, -0.2) is 8.78 Å². The summed E-state index contributed by atoms with van der Waals surface area (Å²) in [7, 11) is 0. The molecule has 0 unspecified atom stereocenters. The van der Waals surface area contributed by atoms with E-state index in [1.54, 1.807) is 13.8 Å². The van der Waals surface area contributed by atoms with E-state index in [-0.39, 0.29) is 23.9 Å². The topological polar surface area (TPSA) is 46.2 Å². The number of rotatable bonds is 3. The van der Waals surface area contributed by atoms with E-state index in [0.717, 1.165) is 6.07 Å². The lowest BCUT2D eigenvalue weighted by molar-refractivity contribution is 0.0964. The Morgan fingerprint density at radius 2 is 1.81 bits per heavy atom. The Kier molecular flexibility index (Phi) is 5.86. The van der Waals surface area contributed by atoms with Gasteiger partial charge in [-0.15, -0.1) is 12.4 Å². The van der Waals surface area contributed by atoms with Gasteiger partial charge >= 0.3 is 0 Å². The van der Waals surface area contributed by atoms with E-state index in [9.17, 15) is 13.9 Å². The number of hydrogen-bond donors (Lipinski definition) is 2. The van der Waals surface area contributed by atoms with Crippen molar-refractivity contribution in [2.75, 3.05) is 0 Å². The number of aliphatic hydroxyl groups is 1. The van der Waals surface area contributed by atoms with Gasteiger partial charge in [0.05, 0.1) is 12.1 Å². The number of nitrogens with two attached hydrogens (primary N) is 1. The SMILES string of the molecule is CC(C)[C@H](O)[C@H](N)c1cccc(F)c1F.Cl. The third-order valence-corrected chi connectivity index (χ3v) is 2.39. The normalized spacial score (nSPS) is 14.4. The fourth-order valence-electron chi connectivity index (χ4n) is 1.38. The van der Waals surface area contributed by atoms with Crippen molar-refractivity contribution >= 4 is 12.4 Å². The van der Waals surface area contributed by atoms with E-state index in [4.69, 9.17) is 5.73 Å². The van der Waals surface area contributed by atoms with Crippen LogP contribution in [-0.2, 0) is 0 Å². The fourth-order valence-corrected chi connectivity index (χ4v) is 1.38. The molecule has 1 aromatic carbocycles. The molecule has 1 aromatic rings. The summed E-state index contributed by atoms with van der Waals surface area (Å²) in [5.74, 6) is -2.04. The van der Waals surface area contributed by atoms with Crippen molar-refractivity contribution in [3.05, 3.63) is 35.4 Å². The van der Waals surface area contributed by atoms with E-state index in [0.29, 0.717) is 0 Å². The molecule has 1 rings (SSSR count). The van der Waals surface area contributed by atoms with Crippen LogP contribution in [0.4, 0.5) is 8.78 Å². The highest BCUT2D eigenvalue weighted by molar-refractivity contribution is 5.85. The molecule has 0 saturated heterocycles. The summed E-state index contributed by atoms with van der Waals surface area (Å²) in [6.07, 6.45) is -0.888. The van der Waals surface area contributed by atoms with Crippen molar-refractivity contribution in [1.29, 1.82) is 0 Å².